The van der Waals surface area contributed by atoms with Crippen LogP contribution in [0.5, 0.6) is 0 Å². The second-order valence-electron chi connectivity index (χ2n) is 17.9. The molecule has 0 aliphatic rings. The average Bonchev–Trinajstić information content (AvgIpc) is 3.28. The molecule has 0 rings (SSSR count). The van der Waals surface area contributed by atoms with E-state index in [2.05, 4.69) is 104 Å². The molecule has 4 heteroatoms. The topological polar surface area (TPSA) is 69.6 Å². The maximum absolute atomic E-state index is 12.5. The lowest BCUT2D eigenvalue weighted by Crippen LogP contribution is -2.45. The Bertz CT molecular complexity index is 1110. The molecule has 0 aromatic carbocycles. The van der Waals surface area contributed by atoms with Gasteiger partial charge in [0.05, 0.1) is 18.8 Å². The fraction of sp³-hybridized carbons (Fsp3) is 0.741. The number of carbonyl (C=O) groups excluding carboxylic acids is 1. The summed E-state index contributed by atoms with van der Waals surface area (Å²) in [5.41, 5.74) is 0. The van der Waals surface area contributed by atoms with Gasteiger partial charge in [-0.1, -0.05) is 266 Å². The highest BCUT2D eigenvalue weighted by Crippen LogP contribution is 2.17. The summed E-state index contributed by atoms with van der Waals surface area (Å²) in [4.78, 5) is 12.5. The Morgan fingerprint density at radius 3 is 1.06 bits per heavy atom. The van der Waals surface area contributed by atoms with Crippen molar-refractivity contribution >= 4 is 5.91 Å². The van der Waals surface area contributed by atoms with Crippen LogP contribution < -0.4 is 5.32 Å². The first-order chi connectivity index (χ1) is 30.7. The van der Waals surface area contributed by atoms with E-state index in [1.54, 1.807) is 0 Å². The summed E-state index contributed by atoms with van der Waals surface area (Å²) in [7, 11) is 0. The third-order valence-electron chi connectivity index (χ3n) is 11.9. The highest BCUT2D eigenvalue weighted by Gasteiger charge is 2.20. The Kier molecular flexibility index (Phi) is 50.8. The lowest BCUT2D eigenvalue weighted by Gasteiger charge is -2.22. The molecule has 0 saturated heterocycles. The Balaban J connectivity index is 3.58. The zero-order valence-corrected chi connectivity index (χ0v) is 41.1. The number of allylic oxidation sites excluding steroid dienone is 14. The molecule has 2 unspecified atom stereocenters. The molecule has 62 heavy (non-hydrogen) atoms. The second kappa shape index (κ2) is 52.9. The van der Waals surface area contributed by atoms with Gasteiger partial charge >= 0.3 is 0 Å². The van der Waals surface area contributed by atoms with Crippen molar-refractivity contribution in [2.45, 2.75) is 270 Å². The number of aliphatic hydroxyl groups excluding tert-OH is 2. The summed E-state index contributed by atoms with van der Waals surface area (Å²) >= 11 is 0. The van der Waals surface area contributed by atoms with Crippen LogP contribution in [0.25, 0.3) is 0 Å². The van der Waals surface area contributed by atoms with E-state index < -0.39 is 12.1 Å². The number of unbranched alkanes of at least 4 members (excludes halogenated alkanes) is 27. The van der Waals surface area contributed by atoms with Gasteiger partial charge in [-0.25, -0.2) is 0 Å². The average molecular weight is 862 g/mol. The van der Waals surface area contributed by atoms with E-state index in [1.807, 2.05) is 0 Å². The molecule has 4 nitrogen and oxygen atoms in total. The van der Waals surface area contributed by atoms with Gasteiger partial charge in [0, 0.05) is 6.42 Å². The van der Waals surface area contributed by atoms with Crippen LogP contribution in [-0.4, -0.2) is 34.9 Å². The minimum absolute atomic E-state index is 0.0511. The molecule has 0 aromatic rings. The van der Waals surface area contributed by atoms with Gasteiger partial charge in [-0.15, -0.1) is 0 Å². The van der Waals surface area contributed by atoms with E-state index in [9.17, 15) is 15.0 Å². The van der Waals surface area contributed by atoms with Crippen LogP contribution in [0.4, 0.5) is 0 Å². The van der Waals surface area contributed by atoms with E-state index in [4.69, 9.17) is 0 Å². The van der Waals surface area contributed by atoms with E-state index >= 15 is 0 Å². The minimum Gasteiger partial charge on any atom is -0.394 e. The summed E-state index contributed by atoms with van der Waals surface area (Å²) in [6.07, 6.45) is 76.9. The minimum atomic E-state index is -0.675. The molecule has 2 atom stereocenters. The molecule has 1 amide bonds. The summed E-state index contributed by atoms with van der Waals surface area (Å²) in [5.74, 6) is -0.0511. The van der Waals surface area contributed by atoms with Gasteiger partial charge in [0.1, 0.15) is 0 Å². The van der Waals surface area contributed by atoms with Gasteiger partial charge in [0.15, 0.2) is 0 Å². The summed E-state index contributed by atoms with van der Waals surface area (Å²) in [6.45, 7) is 4.25. The van der Waals surface area contributed by atoms with Crippen LogP contribution in [0.15, 0.2) is 85.1 Å². The van der Waals surface area contributed by atoms with Crippen LogP contribution in [0.2, 0.25) is 0 Å². The highest BCUT2D eigenvalue weighted by molar-refractivity contribution is 5.76. The number of rotatable bonds is 48. The van der Waals surface area contributed by atoms with E-state index in [1.165, 1.54) is 148 Å². The molecular weight excluding hydrogens is 759 g/mol. The van der Waals surface area contributed by atoms with Crippen molar-refractivity contribution in [3.8, 4) is 0 Å². The van der Waals surface area contributed by atoms with Gasteiger partial charge in [0.2, 0.25) is 5.91 Å². The van der Waals surface area contributed by atoms with Gasteiger partial charge in [0.25, 0.3) is 0 Å². The first-order valence-electron chi connectivity index (χ1n) is 26.8. The lowest BCUT2D eigenvalue weighted by molar-refractivity contribution is -0.123. The second-order valence-corrected chi connectivity index (χ2v) is 17.9. The van der Waals surface area contributed by atoms with Crippen LogP contribution >= 0.6 is 0 Å². The third kappa shape index (κ3) is 48.6. The Morgan fingerprint density at radius 2 is 0.710 bits per heavy atom. The number of hydrogen-bond donors (Lipinski definition) is 3. The van der Waals surface area contributed by atoms with Crippen molar-refractivity contribution < 1.29 is 15.0 Å². The van der Waals surface area contributed by atoms with Crippen molar-refractivity contribution in [3.05, 3.63) is 85.1 Å². The maximum Gasteiger partial charge on any atom is 0.220 e. The Morgan fingerprint density at radius 1 is 0.403 bits per heavy atom. The van der Waals surface area contributed by atoms with Gasteiger partial charge in [-0.2, -0.15) is 0 Å². The van der Waals surface area contributed by atoms with Crippen LogP contribution in [0.3, 0.4) is 0 Å². The molecule has 0 bridgehead atoms. The fourth-order valence-corrected chi connectivity index (χ4v) is 7.87. The largest absolute Gasteiger partial charge is 0.394 e. The predicted octanol–water partition coefficient (Wildman–Crippen LogP) is 17.6. The van der Waals surface area contributed by atoms with Gasteiger partial charge in [-0.05, 0) is 70.6 Å². The predicted molar refractivity (Wildman–Crippen MR) is 276 cm³/mol. The molecule has 0 heterocycles. The first-order valence-corrected chi connectivity index (χ1v) is 26.8. The molecule has 3 N–H and O–H groups in total. The molecular formula is C58H103NO3. The number of carbonyl (C=O) groups is 1. The summed E-state index contributed by atoms with van der Waals surface area (Å²) in [6, 6.07) is -0.554. The first kappa shape index (κ1) is 59.6. The van der Waals surface area contributed by atoms with E-state index in [-0.39, 0.29) is 12.5 Å². The fourth-order valence-electron chi connectivity index (χ4n) is 7.87. The number of hydrogen-bond acceptors (Lipinski definition) is 3. The van der Waals surface area contributed by atoms with Crippen molar-refractivity contribution in [3.63, 3.8) is 0 Å². The molecule has 0 aliphatic heterocycles. The normalized spacial score (nSPS) is 13.5. The SMILES string of the molecule is CC/C=C\C/C=C\C/C=C\C/C=C\C/C=C\C/C=C\C/C=C\CCCCCCCC(=O)NC(CO)C(O)CCCCCCCCCCCCCCCCCCCCCCCCC. The molecule has 0 aliphatic carbocycles. The van der Waals surface area contributed by atoms with E-state index in [0.717, 1.165) is 83.5 Å². The lowest BCUT2D eigenvalue weighted by atomic mass is 10.0. The quantitative estimate of drug-likeness (QED) is 0.0422. The number of aliphatic hydroxyl groups is 2. The molecule has 0 fully saturated rings. The monoisotopic (exact) mass is 862 g/mol. The number of amides is 1. The van der Waals surface area contributed by atoms with E-state index in [0.29, 0.717) is 12.8 Å². The van der Waals surface area contributed by atoms with Crippen molar-refractivity contribution in [2.75, 3.05) is 6.61 Å². The van der Waals surface area contributed by atoms with Gasteiger partial charge < -0.3 is 15.5 Å². The summed E-state index contributed by atoms with van der Waals surface area (Å²) < 4.78 is 0. The zero-order chi connectivity index (χ0) is 44.9. The van der Waals surface area contributed by atoms with Crippen LogP contribution in [-0.2, 0) is 4.79 Å². The maximum atomic E-state index is 12.5. The standard InChI is InChI=1S/C58H103NO3/c1-3-5-7-9-11-13-15-17-19-21-23-25-27-28-29-30-32-34-36-38-40-42-44-46-48-50-52-54-58(62)59-56(55-60)57(61)53-51-49-47-45-43-41-39-37-35-33-31-26-24-22-20-18-16-14-12-10-8-6-4-2/h5,7,11,13,17,19,23,25,28-29,32,34,38,40,56-57,60-61H,3-4,6,8-10,12,14-16,18,20-22,24,26-27,30-31,33,35-37,39,41-55H2,1-2H3,(H,59,62)/b7-5-,13-11-,19-17-,25-23-,29-28-,34-32-,40-38-. The van der Waals surface area contributed by atoms with Crippen molar-refractivity contribution in [1.29, 1.82) is 0 Å². The van der Waals surface area contributed by atoms with Crippen LogP contribution in [0.1, 0.15) is 258 Å². The number of nitrogens with one attached hydrogen (secondary N) is 1. The summed E-state index contributed by atoms with van der Waals surface area (Å²) in [5, 5.41) is 23.3. The zero-order valence-electron chi connectivity index (χ0n) is 41.1. The molecule has 0 saturated carbocycles. The van der Waals surface area contributed by atoms with Crippen molar-refractivity contribution in [2.24, 2.45) is 0 Å². The molecule has 0 radical (unpaired) electrons. The highest BCUT2D eigenvalue weighted by atomic mass is 16.3. The molecule has 0 aromatic heterocycles. The Labute approximate surface area is 386 Å². The third-order valence-corrected chi connectivity index (χ3v) is 11.9. The van der Waals surface area contributed by atoms with Crippen molar-refractivity contribution in [1.82, 2.24) is 5.32 Å². The Hall–Kier alpha value is -2.43. The van der Waals surface area contributed by atoms with Crippen LogP contribution in [0, 0.1) is 0 Å². The van der Waals surface area contributed by atoms with Gasteiger partial charge in [-0.3, -0.25) is 4.79 Å². The molecule has 0 spiro atoms. The molecule has 358 valence electrons. The smallest absolute Gasteiger partial charge is 0.220 e.